The van der Waals surface area contributed by atoms with Crippen molar-refractivity contribution in [2.75, 3.05) is 12.4 Å². The van der Waals surface area contributed by atoms with Gasteiger partial charge in [-0.05, 0) is 25.0 Å². The van der Waals surface area contributed by atoms with Crippen LogP contribution >= 0.6 is 11.8 Å². The first-order chi connectivity index (χ1) is 12.2. The molecule has 3 atom stereocenters. The average Bonchev–Trinajstić information content (AvgIpc) is 3.38. The summed E-state index contributed by atoms with van der Waals surface area (Å²) < 4.78 is 5.67. The van der Waals surface area contributed by atoms with Crippen LogP contribution in [-0.4, -0.2) is 46.3 Å². The van der Waals surface area contributed by atoms with E-state index in [2.05, 4.69) is 11.4 Å². The van der Waals surface area contributed by atoms with Crippen LogP contribution in [0.15, 0.2) is 34.7 Å². The second kappa shape index (κ2) is 6.54. The summed E-state index contributed by atoms with van der Waals surface area (Å²) in [6.45, 7) is 0.575. The van der Waals surface area contributed by atoms with E-state index in [0.717, 1.165) is 11.8 Å². The maximum absolute atomic E-state index is 12.9. The predicted molar refractivity (Wildman–Crippen MR) is 94.1 cm³/mol. The summed E-state index contributed by atoms with van der Waals surface area (Å²) in [4.78, 5) is 27.4. The quantitative estimate of drug-likeness (QED) is 0.849. The Kier molecular flexibility index (Phi) is 4.24. The van der Waals surface area contributed by atoms with Gasteiger partial charge in [0, 0.05) is 17.8 Å². The number of carbonyl (C=O) groups is 2. The van der Waals surface area contributed by atoms with Gasteiger partial charge in [-0.1, -0.05) is 18.2 Å². The van der Waals surface area contributed by atoms with E-state index in [1.807, 2.05) is 24.3 Å². The standard InChI is InChI=1S/C18H17N3O3S/c19-9-12-5-3-7-21(12)18(23)15-17(25-10-20-15)16(22)14-8-11-4-1-2-6-13(11)24-14/h1-2,4,6,8,12,15,17,20H,3,5,7,10H2/t12-,15-,17?/m0/s1. The minimum absolute atomic E-state index is 0.163. The van der Waals surface area contributed by atoms with Gasteiger partial charge in [0.2, 0.25) is 11.7 Å². The molecule has 2 aromatic rings. The number of furan rings is 1. The highest BCUT2D eigenvalue weighted by atomic mass is 32.2. The lowest BCUT2D eigenvalue weighted by molar-refractivity contribution is -0.133. The highest BCUT2D eigenvalue weighted by Crippen LogP contribution is 2.30. The van der Waals surface area contributed by atoms with E-state index in [1.165, 1.54) is 11.8 Å². The predicted octanol–water partition coefficient (Wildman–Crippen LogP) is 2.16. The molecule has 0 saturated carbocycles. The van der Waals surface area contributed by atoms with Gasteiger partial charge in [-0.15, -0.1) is 11.8 Å². The van der Waals surface area contributed by atoms with E-state index in [1.54, 1.807) is 11.0 Å². The van der Waals surface area contributed by atoms with E-state index in [4.69, 9.17) is 4.42 Å². The number of nitrogens with one attached hydrogen (secondary N) is 1. The highest BCUT2D eigenvalue weighted by Gasteiger charge is 2.43. The van der Waals surface area contributed by atoms with Crippen molar-refractivity contribution in [3.8, 4) is 6.07 Å². The number of carbonyl (C=O) groups excluding carboxylic acids is 2. The minimum atomic E-state index is -0.611. The monoisotopic (exact) mass is 355 g/mol. The van der Waals surface area contributed by atoms with Crippen molar-refractivity contribution in [3.63, 3.8) is 0 Å². The number of fused-ring (bicyclic) bond motifs is 1. The number of nitriles is 1. The number of hydrogen-bond donors (Lipinski definition) is 1. The zero-order chi connectivity index (χ0) is 17.4. The number of para-hydroxylation sites is 1. The number of thioether (sulfide) groups is 1. The van der Waals surface area contributed by atoms with Gasteiger partial charge < -0.3 is 9.32 Å². The summed E-state index contributed by atoms with van der Waals surface area (Å²) in [5.41, 5.74) is 0.661. The third kappa shape index (κ3) is 2.81. The van der Waals surface area contributed by atoms with Crippen molar-refractivity contribution >= 4 is 34.4 Å². The van der Waals surface area contributed by atoms with Crippen molar-refractivity contribution in [1.29, 1.82) is 5.26 Å². The number of Topliss-reactive ketones (excluding diaryl/α,β-unsaturated/α-hetero) is 1. The lowest BCUT2D eigenvalue weighted by atomic mass is 10.1. The molecule has 1 aromatic carbocycles. The number of likely N-dealkylation sites (tertiary alicyclic amines) is 1. The molecule has 2 saturated heterocycles. The van der Waals surface area contributed by atoms with E-state index >= 15 is 0 Å². The molecule has 0 radical (unpaired) electrons. The van der Waals surface area contributed by atoms with Crippen LogP contribution < -0.4 is 5.32 Å². The molecule has 2 aliphatic rings. The maximum atomic E-state index is 12.9. The van der Waals surface area contributed by atoms with Crippen LogP contribution in [0, 0.1) is 11.3 Å². The molecule has 1 amide bonds. The number of benzene rings is 1. The van der Waals surface area contributed by atoms with Crippen LogP contribution in [0.5, 0.6) is 0 Å². The molecule has 3 heterocycles. The van der Waals surface area contributed by atoms with Crippen molar-refractivity contribution in [2.45, 2.75) is 30.2 Å². The molecule has 2 fully saturated rings. The van der Waals surface area contributed by atoms with Gasteiger partial charge in [0.1, 0.15) is 17.7 Å². The molecule has 0 spiro atoms. The first-order valence-corrected chi connectivity index (χ1v) is 9.32. The molecule has 7 heteroatoms. The summed E-state index contributed by atoms with van der Waals surface area (Å²) in [5, 5.41) is 12.7. The van der Waals surface area contributed by atoms with Gasteiger partial charge in [-0.2, -0.15) is 5.26 Å². The van der Waals surface area contributed by atoms with Gasteiger partial charge in [0.25, 0.3) is 0 Å². The minimum Gasteiger partial charge on any atom is -0.453 e. The number of nitrogens with zero attached hydrogens (tertiary/aromatic N) is 2. The number of amides is 1. The molecular formula is C18H17N3O3S. The highest BCUT2D eigenvalue weighted by molar-refractivity contribution is 8.00. The van der Waals surface area contributed by atoms with Crippen LogP contribution in [0.25, 0.3) is 11.0 Å². The summed E-state index contributed by atoms with van der Waals surface area (Å²) in [6, 6.07) is 10.4. The number of hydrogen-bond acceptors (Lipinski definition) is 6. The van der Waals surface area contributed by atoms with E-state index in [9.17, 15) is 14.9 Å². The van der Waals surface area contributed by atoms with Crippen LogP contribution in [0.3, 0.4) is 0 Å². The summed E-state index contributed by atoms with van der Waals surface area (Å²) >= 11 is 1.41. The number of ketones is 1. The largest absolute Gasteiger partial charge is 0.453 e. The normalized spacial score (nSPS) is 26.0. The van der Waals surface area contributed by atoms with Crippen molar-refractivity contribution in [2.24, 2.45) is 0 Å². The second-order valence-corrected chi connectivity index (χ2v) is 7.37. The molecule has 4 rings (SSSR count). The Labute approximate surface area is 149 Å². The average molecular weight is 355 g/mol. The van der Waals surface area contributed by atoms with Gasteiger partial charge in [0.05, 0.1) is 11.3 Å². The first-order valence-electron chi connectivity index (χ1n) is 8.27. The Morgan fingerprint density at radius 3 is 3.00 bits per heavy atom. The van der Waals surface area contributed by atoms with Crippen LogP contribution in [-0.2, 0) is 4.79 Å². The van der Waals surface area contributed by atoms with Crippen LogP contribution in [0.2, 0.25) is 0 Å². The fourth-order valence-corrected chi connectivity index (χ4v) is 4.59. The fourth-order valence-electron chi connectivity index (χ4n) is 3.46. The van der Waals surface area contributed by atoms with Crippen LogP contribution in [0.1, 0.15) is 23.4 Å². The second-order valence-electron chi connectivity index (χ2n) is 6.24. The molecular weight excluding hydrogens is 338 g/mol. The van der Waals surface area contributed by atoms with Gasteiger partial charge in [-0.25, -0.2) is 0 Å². The zero-order valence-corrected chi connectivity index (χ0v) is 14.3. The van der Waals surface area contributed by atoms with E-state index in [0.29, 0.717) is 24.4 Å². The Balaban J connectivity index is 1.57. The summed E-state index contributed by atoms with van der Waals surface area (Å²) in [7, 11) is 0. The summed E-state index contributed by atoms with van der Waals surface area (Å²) in [6.07, 6.45) is 1.52. The van der Waals surface area contributed by atoms with E-state index < -0.39 is 11.3 Å². The topological polar surface area (TPSA) is 86.3 Å². The Hall–Kier alpha value is -2.30. The Bertz CT molecular complexity index is 839. The third-order valence-corrected chi connectivity index (χ3v) is 5.93. The molecule has 25 heavy (non-hydrogen) atoms. The van der Waals surface area contributed by atoms with Crippen molar-refractivity contribution in [3.05, 3.63) is 36.1 Å². The molecule has 2 aliphatic heterocycles. The van der Waals surface area contributed by atoms with Gasteiger partial charge >= 0.3 is 0 Å². The maximum Gasteiger partial charge on any atom is 0.242 e. The van der Waals surface area contributed by atoms with E-state index in [-0.39, 0.29) is 23.5 Å². The van der Waals surface area contributed by atoms with Crippen LogP contribution in [0.4, 0.5) is 0 Å². The first kappa shape index (κ1) is 16.2. The fraction of sp³-hybridized carbons (Fsp3) is 0.389. The molecule has 0 aliphatic carbocycles. The Morgan fingerprint density at radius 2 is 2.20 bits per heavy atom. The molecule has 0 bridgehead atoms. The smallest absolute Gasteiger partial charge is 0.242 e. The van der Waals surface area contributed by atoms with Crippen molar-refractivity contribution < 1.29 is 14.0 Å². The molecule has 6 nitrogen and oxygen atoms in total. The lowest BCUT2D eigenvalue weighted by Gasteiger charge is -2.25. The molecule has 1 unspecified atom stereocenters. The molecule has 1 aromatic heterocycles. The zero-order valence-electron chi connectivity index (χ0n) is 13.5. The Morgan fingerprint density at radius 1 is 1.36 bits per heavy atom. The van der Waals surface area contributed by atoms with Gasteiger partial charge in [-0.3, -0.25) is 14.9 Å². The molecule has 1 N–H and O–H groups in total. The molecule has 128 valence electrons. The number of rotatable bonds is 3. The van der Waals surface area contributed by atoms with Crippen molar-refractivity contribution in [1.82, 2.24) is 10.2 Å². The third-order valence-electron chi connectivity index (χ3n) is 4.75. The lowest BCUT2D eigenvalue weighted by Crippen LogP contribution is -2.51. The summed E-state index contributed by atoms with van der Waals surface area (Å²) in [5.74, 6) is 0.456. The van der Waals surface area contributed by atoms with Gasteiger partial charge in [0.15, 0.2) is 5.76 Å². The SMILES string of the molecule is N#C[C@@H]1CCCN1C(=O)[C@H]1NCSC1C(=O)c1cc2ccccc2o1.